The summed E-state index contributed by atoms with van der Waals surface area (Å²) in [6.07, 6.45) is 5.19. The van der Waals surface area contributed by atoms with Crippen LogP contribution in [0.3, 0.4) is 0 Å². The van der Waals surface area contributed by atoms with Crippen LogP contribution in [0, 0.1) is 0 Å². The summed E-state index contributed by atoms with van der Waals surface area (Å²) >= 11 is 6.21. The largest absolute Gasteiger partial charge is 0.497 e. The molecule has 0 saturated heterocycles. The fraction of sp³-hybridized carbons (Fsp3) is 0.261. The SMILES string of the molecule is COc1cc(/C=C/C(=O)N(Cc2nnc(-c3ccccc3Cl)o2)C2CC2)cc(OC)c1. The van der Waals surface area contributed by atoms with E-state index in [2.05, 4.69) is 10.2 Å². The van der Waals surface area contributed by atoms with Gasteiger partial charge in [-0.15, -0.1) is 10.2 Å². The monoisotopic (exact) mass is 439 g/mol. The van der Waals surface area contributed by atoms with Crippen LogP contribution in [0.4, 0.5) is 0 Å². The highest BCUT2D eigenvalue weighted by atomic mass is 35.5. The predicted octanol–water partition coefficient (Wildman–Crippen LogP) is 4.61. The molecule has 1 aliphatic rings. The zero-order chi connectivity index (χ0) is 21.8. The van der Waals surface area contributed by atoms with Crippen molar-refractivity contribution in [1.82, 2.24) is 15.1 Å². The fourth-order valence-corrected chi connectivity index (χ4v) is 3.39. The number of methoxy groups -OCH3 is 2. The van der Waals surface area contributed by atoms with Gasteiger partial charge in [-0.1, -0.05) is 23.7 Å². The molecule has 0 aliphatic heterocycles. The molecule has 3 aromatic rings. The maximum absolute atomic E-state index is 12.9. The number of carbonyl (C=O) groups is 1. The number of nitrogens with zero attached hydrogens (tertiary/aromatic N) is 3. The number of amides is 1. The van der Waals surface area contributed by atoms with E-state index < -0.39 is 0 Å². The first-order valence-electron chi connectivity index (χ1n) is 9.86. The third-order valence-electron chi connectivity index (χ3n) is 4.94. The lowest BCUT2D eigenvalue weighted by atomic mass is 10.2. The predicted molar refractivity (Wildman–Crippen MR) is 117 cm³/mol. The second-order valence-corrected chi connectivity index (χ2v) is 7.56. The van der Waals surface area contributed by atoms with Gasteiger partial charge in [0.1, 0.15) is 11.5 Å². The number of rotatable bonds is 8. The van der Waals surface area contributed by atoms with E-state index in [0.29, 0.717) is 33.9 Å². The Hall–Kier alpha value is -3.32. The number of ether oxygens (including phenoxy) is 2. The number of halogens is 1. The lowest BCUT2D eigenvalue weighted by molar-refractivity contribution is -0.127. The molecule has 2 aromatic carbocycles. The molecule has 8 heteroatoms. The Bertz CT molecular complexity index is 1090. The Morgan fingerprint density at radius 2 is 1.87 bits per heavy atom. The molecule has 1 heterocycles. The van der Waals surface area contributed by atoms with Crippen LogP contribution >= 0.6 is 11.6 Å². The van der Waals surface area contributed by atoms with Gasteiger partial charge >= 0.3 is 0 Å². The Balaban J connectivity index is 1.49. The molecule has 1 saturated carbocycles. The lowest BCUT2D eigenvalue weighted by Crippen LogP contribution is -2.31. The van der Waals surface area contributed by atoms with Crippen molar-refractivity contribution in [1.29, 1.82) is 0 Å². The second kappa shape index (κ2) is 9.22. The molecule has 0 radical (unpaired) electrons. The van der Waals surface area contributed by atoms with E-state index in [4.69, 9.17) is 25.5 Å². The highest BCUT2D eigenvalue weighted by Gasteiger charge is 2.33. The van der Waals surface area contributed by atoms with Crippen LogP contribution < -0.4 is 9.47 Å². The van der Waals surface area contributed by atoms with Crippen LogP contribution in [-0.2, 0) is 11.3 Å². The number of benzene rings is 2. The third kappa shape index (κ3) is 5.06. The first-order chi connectivity index (χ1) is 15.1. The molecule has 0 bridgehead atoms. The molecule has 1 aromatic heterocycles. The normalized spacial score (nSPS) is 13.4. The molecule has 0 unspecified atom stereocenters. The van der Waals surface area contributed by atoms with E-state index >= 15 is 0 Å². The molecule has 0 atom stereocenters. The smallest absolute Gasteiger partial charge is 0.249 e. The average molecular weight is 440 g/mol. The van der Waals surface area contributed by atoms with Gasteiger partial charge in [0, 0.05) is 18.2 Å². The number of hydrogen-bond acceptors (Lipinski definition) is 6. The summed E-state index contributed by atoms with van der Waals surface area (Å²) in [5.74, 6) is 1.89. The van der Waals surface area contributed by atoms with Crippen molar-refractivity contribution >= 4 is 23.6 Å². The van der Waals surface area contributed by atoms with Gasteiger partial charge in [-0.2, -0.15) is 0 Å². The van der Waals surface area contributed by atoms with Crippen LogP contribution in [0.25, 0.3) is 17.5 Å². The number of carbonyl (C=O) groups excluding carboxylic acids is 1. The summed E-state index contributed by atoms with van der Waals surface area (Å²) in [6.45, 7) is 0.243. The van der Waals surface area contributed by atoms with Gasteiger partial charge in [0.15, 0.2) is 0 Å². The maximum Gasteiger partial charge on any atom is 0.249 e. The van der Waals surface area contributed by atoms with Crippen LogP contribution in [-0.4, -0.2) is 41.3 Å². The van der Waals surface area contributed by atoms with Crippen molar-refractivity contribution in [2.45, 2.75) is 25.4 Å². The van der Waals surface area contributed by atoms with E-state index in [1.807, 2.05) is 30.3 Å². The molecular weight excluding hydrogens is 418 g/mol. The van der Waals surface area contributed by atoms with Gasteiger partial charge in [0.2, 0.25) is 17.7 Å². The minimum atomic E-state index is -0.123. The van der Waals surface area contributed by atoms with Gasteiger partial charge < -0.3 is 18.8 Å². The van der Waals surface area contributed by atoms with Gasteiger partial charge in [-0.25, -0.2) is 0 Å². The van der Waals surface area contributed by atoms with E-state index in [0.717, 1.165) is 18.4 Å². The molecule has 31 heavy (non-hydrogen) atoms. The Morgan fingerprint density at radius 3 is 2.52 bits per heavy atom. The minimum Gasteiger partial charge on any atom is -0.497 e. The minimum absolute atomic E-state index is 0.123. The first-order valence-corrected chi connectivity index (χ1v) is 10.2. The van der Waals surface area contributed by atoms with Crippen LogP contribution in [0.2, 0.25) is 5.02 Å². The topological polar surface area (TPSA) is 77.7 Å². The molecule has 1 fully saturated rings. The highest BCUT2D eigenvalue weighted by molar-refractivity contribution is 6.33. The Morgan fingerprint density at radius 1 is 1.16 bits per heavy atom. The summed E-state index contributed by atoms with van der Waals surface area (Å²) in [5, 5.41) is 8.72. The van der Waals surface area contributed by atoms with Crippen molar-refractivity contribution in [2.24, 2.45) is 0 Å². The summed E-state index contributed by atoms with van der Waals surface area (Å²) in [7, 11) is 3.17. The summed E-state index contributed by atoms with van der Waals surface area (Å²) in [5.41, 5.74) is 1.47. The van der Waals surface area contributed by atoms with Crippen molar-refractivity contribution in [3.05, 3.63) is 65.0 Å². The molecule has 1 amide bonds. The van der Waals surface area contributed by atoms with E-state index in [9.17, 15) is 4.79 Å². The summed E-state index contributed by atoms with van der Waals surface area (Å²) < 4.78 is 16.3. The quantitative estimate of drug-likeness (QED) is 0.477. The van der Waals surface area contributed by atoms with Crippen molar-refractivity contribution in [3.63, 3.8) is 0 Å². The second-order valence-electron chi connectivity index (χ2n) is 7.16. The van der Waals surface area contributed by atoms with Crippen LogP contribution in [0.15, 0.2) is 53.0 Å². The molecule has 0 spiro atoms. The maximum atomic E-state index is 12.9. The zero-order valence-corrected chi connectivity index (χ0v) is 18.0. The van der Waals surface area contributed by atoms with Gasteiger partial charge in [-0.3, -0.25) is 4.79 Å². The fourth-order valence-electron chi connectivity index (χ4n) is 3.17. The van der Waals surface area contributed by atoms with E-state index in [1.54, 1.807) is 37.3 Å². The van der Waals surface area contributed by atoms with Crippen molar-refractivity contribution in [2.75, 3.05) is 14.2 Å². The number of hydrogen-bond donors (Lipinski definition) is 0. The number of aromatic nitrogens is 2. The molecule has 160 valence electrons. The standard InChI is InChI=1S/C23H22ClN3O4/c1-29-17-11-15(12-18(13-17)30-2)7-10-22(28)27(16-8-9-16)14-21-25-26-23(31-21)19-5-3-4-6-20(19)24/h3-7,10-13,16H,8-9,14H2,1-2H3/b10-7+. The van der Waals surface area contributed by atoms with Gasteiger partial charge in [0.05, 0.1) is 31.4 Å². The van der Waals surface area contributed by atoms with Crippen LogP contribution in [0.5, 0.6) is 11.5 Å². The summed E-state index contributed by atoms with van der Waals surface area (Å²) in [4.78, 5) is 14.7. The van der Waals surface area contributed by atoms with E-state index in [1.165, 1.54) is 6.08 Å². The van der Waals surface area contributed by atoms with Gasteiger partial charge in [0.25, 0.3) is 0 Å². The average Bonchev–Trinajstić information content (AvgIpc) is 3.53. The highest BCUT2D eigenvalue weighted by Crippen LogP contribution is 2.31. The van der Waals surface area contributed by atoms with Crippen molar-refractivity contribution in [3.8, 4) is 23.0 Å². The van der Waals surface area contributed by atoms with Gasteiger partial charge in [-0.05, 0) is 48.7 Å². The molecule has 4 rings (SSSR count). The zero-order valence-electron chi connectivity index (χ0n) is 17.2. The molecular formula is C23H22ClN3O4. The Kier molecular flexibility index (Phi) is 6.23. The Labute approximate surface area is 185 Å². The summed E-state index contributed by atoms with van der Waals surface area (Å²) in [6, 6.07) is 12.9. The third-order valence-corrected chi connectivity index (χ3v) is 5.27. The van der Waals surface area contributed by atoms with E-state index in [-0.39, 0.29) is 18.5 Å². The molecule has 7 nitrogen and oxygen atoms in total. The first kappa shape index (κ1) is 20.9. The molecule has 0 N–H and O–H groups in total. The van der Waals surface area contributed by atoms with Crippen LogP contribution in [0.1, 0.15) is 24.3 Å². The van der Waals surface area contributed by atoms with Crippen molar-refractivity contribution < 1.29 is 18.7 Å². The molecule has 1 aliphatic carbocycles. The lowest BCUT2D eigenvalue weighted by Gasteiger charge is -2.18.